The topological polar surface area (TPSA) is 150 Å². The van der Waals surface area contributed by atoms with Crippen molar-refractivity contribution < 1.29 is 24.2 Å². The lowest BCUT2D eigenvalue weighted by molar-refractivity contribution is -0.120. The van der Waals surface area contributed by atoms with Gasteiger partial charge in [0.05, 0.1) is 17.8 Å². The monoisotopic (exact) mass is 670 g/mol. The molecule has 6 rings (SSSR count). The molecule has 0 amide bonds. The molecule has 5 aromatic rings. The molecule has 1 unspecified atom stereocenters. The van der Waals surface area contributed by atoms with E-state index in [2.05, 4.69) is 32.7 Å². The molecule has 3 heterocycles. The minimum Gasteiger partial charge on any atom is -0.442 e. The Morgan fingerprint density at radius 2 is 1.79 bits per heavy atom. The number of nitrogens with one attached hydrogen (secondary N) is 3. The number of oxazole rings is 1. The number of carbonyl (C=O) groups is 1. The summed E-state index contributed by atoms with van der Waals surface area (Å²) in [7, 11) is 0. The molecule has 1 saturated carbocycles. The van der Waals surface area contributed by atoms with Gasteiger partial charge in [-0.3, -0.25) is 9.59 Å². The molecule has 2 aromatic carbocycles. The maximum Gasteiger partial charge on any atom is 0.298 e. The Labute approximate surface area is 283 Å². The number of rotatable bonds is 16. The van der Waals surface area contributed by atoms with Crippen molar-refractivity contribution in [2.24, 2.45) is 5.92 Å². The van der Waals surface area contributed by atoms with Crippen LogP contribution in [-0.4, -0.2) is 46.3 Å². The summed E-state index contributed by atoms with van der Waals surface area (Å²) >= 11 is 1.75. The largest absolute Gasteiger partial charge is 0.442 e. The number of carbonyl (C=O) groups excluding carboxylic acids is 1. The zero-order chi connectivity index (χ0) is 33.3. The molecular formula is C37H42N4O6S. The number of hydrogen-bond acceptors (Lipinski definition) is 10. The molecule has 0 bridgehead atoms. The molecule has 1 fully saturated rings. The molecule has 0 saturated heterocycles. The van der Waals surface area contributed by atoms with E-state index in [1.165, 1.54) is 22.2 Å². The Hall–Kier alpha value is -4.13. The van der Waals surface area contributed by atoms with Gasteiger partial charge in [-0.05, 0) is 54.7 Å². The van der Waals surface area contributed by atoms with E-state index in [0.717, 1.165) is 56.5 Å². The quantitative estimate of drug-likeness (QED) is 0.0712. The number of fused-ring (bicyclic) bond motifs is 1. The lowest BCUT2D eigenvalue weighted by atomic mass is 9.73. The first kappa shape index (κ1) is 33.8. The first-order valence-corrected chi connectivity index (χ1v) is 17.4. The zero-order valence-electron chi connectivity index (χ0n) is 26.8. The number of H-pyrrole nitrogens is 1. The van der Waals surface area contributed by atoms with Gasteiger partial charge < -0.3 is 35.0 Å². The minimum atomic E-state index is -1.22. The van der Waals surface area contributed by atoms with Crippen molar-refractivity contribution in [2.45, 2.75) is 63.2 Å². The molecule has 1 aliphatic rings. The second kappa shape index (κ2) is 15.8. The maximum absolute atomic E-state index is 12.0. The predicted octanol–water partition coefficient (Wildman–Crippen LogP) is 5.13. The number of thiophene rings is 1. The number of pyridine rings is 1. The number of aromatic amines is 1. The van der Waals surface area contributed by atoms with Crippen molar-refractivity contribution >= 4 is 28.7 Å². The third kappa shape index (κ3) is 7.77. The van der Waals surface area contributed by atoms with E-state index in [9.17, 15) is 19.8 Å². The number of benzene rings is 2. The van der Waals surface area contributed by atoms with Crippen LogP contribution in [0.1, 0.15) is 70.7 Å². The molecule has 11 heteroatoms. The van der Waals surface area contributed by atoms with Gasteiger partial charge in [0, 0.05) is 59.7 Å². The zero-order valence-corrected chi connectivity index (χ0v) is 27.6. The molecule has 1 aliphatic carbocycles. The summed E-state index contributed by atoms with van der Waals surface area (Å²) in [6, 6.07) is 20.4. The molecular weight excluding hydrogens is 628 g/mol. The summed E-state index contributed by atoms with van der Waals surface area (Å²) < 4.78 is 11.2. The average molecular weight is 671 g/mol. The van der Waals surface area contributed by atoms with Crippen LogP contribution in [0.5, 0.6) is 5.75 Å². The Balaban J connectivity index is 0.957. The summed E-state index contributed by atoms with van der Waals surface area (Å²) in [6.45, 7) is 2.79. The summed E-state index contributed by atoms with van der Waals surface area (Å²) in [5, 5.41) is 30.3. The molecule has 48 heavy (non-hydrogen) atoms. The number of aliphatic hydroxyl groups excluding tert-OH is 1. The highest BCUT2D eigenvalue weighted by molar-refractivity contribution is 7.11. The van der Waals surface area contributed by atoms with Gasteiger partial charge in [-0.15, -0.1) is 11.3 Å². The predicted molar refractivity (Wildman–Crippen MR) is 185 cm³/mol. The van der Waals surface area contributed by atoms with Gasteiger partial charge in [0.1, 0.15) is 5.76 Å². The number of ether oxygens (including phenoxy) is 1. The van der Waals surface area contributed by atoms with Crippen LogP contribution in [0.25, 0.3) is 10.9 Å². The first-order chi connectivity index (χ1) is 23.5. The Morgan fingerprint density at radius 3 is 2.60 bits per heavy atom. The molecule has 252 valence electrons. The highest BCUT2D eigenvalue weighted by Crippen LogP contribution is 2.43. The third-order valence-corrected chi connectivity index (χ3v) is 10.3. The summed E-state index contributed by atoms with van der Waals surface area (Å²) in [6.07, 6.45) is 7.78. The van der Waals surface area contributed by atoms with Crippen LogP contribution in [0, 0.1) is 5.92 Å². The van der Waals surface area contributed by atoms with Gasteiger partial charge in [0.15, 0.2) is 11.4 Å². The summed E-state index contributed by atoms with van der Waals surface area (Å²) in [5.41, 5.74) is 0.311. The lowest BCUT2D eigenvalue weighted by Crippen LogP contribution is -2.38. The molecule has 0 aliphatic heterocycles. The van der Waals surface area contributed by atoms with Crippen LogP contribution in [0.4, 0.5) is 0 Å². The van der Waals surface area contributed by atoms with E-state index in [4.69, 9.17) is 9.15 Å². The van der Waals surface area contributed by atoms with Gasteiger partial charge >= 0.3 is 0 Å². The van der Waals surface area contributed by atoms with Crippen molar-refractivity contribution in [3.05, 3.63) is 116 Å². The summed E-state index contributed by atoms with van der Waals surface area (Å²) in [5.74, 6) is 1.47. The molecule has 3 aromatic heterocycles. The van der Waals surface area contributed by atoms with Crippen LogP contribution in [-0.2, 0) is 29.8 Å². The lowest BCUT2D eigenvalue weighted by Gasteiger charge is -2.36. The fourth-order valence-corrected chi connectivity index (χ4v) is 7.66. The number of aromatic nitrogens is 2. The van der Waals surface area contributed by atoms with Gasteiger partial charge in [-0.25, -0.2) is 4.98 Å². The van der Waals surface area contributed by atoms with Crippen LogP contribution in [0.3, 0.4) is 0 Å². The minimum absolute atomic E-state index is 0.0859. The second-order valence-corrected chi connectivity index (χ2v) is 13.6. The van der Waals surface area contributed by atoms with E-state index in [0.29, 0.717) is 48.3 Å². The Morgan fingerprint density at radius 1 is 1.00 bits per heavy atom. The molecule has 10 nitrogen and oxygen atoms in total. The molecule has 2 atom stereocenters. The fourth-order valence-electron chi connectivity index (χ4n) is 6.67. The van der Waals surface area contributed by atoms with Crippen LogP contribution in [0.2, 0.25) is 0 Å². The van der Waals surface area contributed by atoms with E-state index in [1.54, 1.807) is 35.7 Å². The van der Waals surface area contributed by atoms with Gasteiger partial charge in [0.25, 0.3) is 6.47 Å². The van der Waals surface area contributed by atoms with Crippen LogP contribution < -0.4 is 20.9 Å². The fraction of sp³-hybridized carbons (Fsp3) is 0.378. The van der Waals surface area contributed by atoms with Gasteiger partial charge in [-0.2, -0.15) is 0 Å². The highest BCUT2D eigenvalue weighted by Gasteiger charge is 2.44. The molecule has 0 radical (unpaired) electrons. The van der Waals surface area contributed by atoms with Crippen molar-refractivity contribution in [2.75, 3.05) is 19.6 Å². The van der Waals surface area contributed by atoms with Gasteiger partial charge in [0.2, 0.25) is 11.4 Å². The van der Waals surface area contributed by atoms with E-state index in [1.807, 2.05) is 30.3 Å². The molecule has 0 spiro atoms. The van der Waals surface area contributed by atoms with E-state index in [-0.39, 0.29) is 17.2 Å². The van der Waals surface area contributed by atoms with Gasteiger partial charge in [-0.1, -0.05) is 55.7 Å². The maximum atomic E-state index is 12.0. The van der Waals surface area contributed by atoms with Crippen molar-refractivity contribution in [1.82, 2.24) is 20.6 Å². The number of hydrogen-bond donors (Lipinski definition) is 5. The molecule has 5 N–H and O–H groups in total. The van der Waals surface area contributed by atoms with Crippen LogP contribution >= 0.6 is 11.3 Å². The normalized spacial score (nSPS) is 15.7. The number of aliphatic hydroxyl groups is 2. The smallest absolute Gasteiger partial charge is 0.298 e. The Bertz CT molecular complexity index is 1850. The van der Waals surface area contributed by atoms with Crippen molar-refractivity contribution in [3.8, 4) is 5.75 Å². The van der Waals surface area contributed by atoms with E-state index >= 15 is 0 Å². The van der Waals surface area contributed by atoms with E-state index < -0.39 is 11.7 Å². The third-order valence-electron chi connectivity index (χ3n) is 9.16. The second-order valence-electron chi connectivity index (χ2n) is 12.3. The average Bonchev–Trinajstić information content (AvgIpc) is 3.79. The Kier molecular flexibility index (Phi) is 11.1. The standard InChI is InChI=1S/C37H42N4O6S/c42-24-46-33-15-13-30(31-14-16-34(44)41-35(31)33)32(43)23-39-20-18-28-11-12-29(48-28)22-38-19-17-27-21-40-36(47-27)37(45,25-7-3-1-4-8-25)26-9-5-2-6-10-26/h1,3-4,7-8,11-16,21,24,26,32,38-39,43,45H,2,5-6,9-10,17-20,22-23H2,(H,41,44)/t32-,37?/m0/s1. The highest BCUT2D eigenvalue weighted by atomic mass is 32.1. The number of nitrogens with zero attached hydrogens (tertiary/aromatic N) is 1. The van der Waals surface area contributed by atoms with Crippen molar-refractivity contribution in [3.63, 3.8) is 0 Å². The van der Waals surface area contributed by atoms with Crippen LogP contribution in [0.15, 0.2) is 82.1 Å². The summed E-state index contributed by atoms with van der Waals surface area (Å²) in [4.78, 5) is 32.4. The first-order valence-electron chi connectivity index (χ1n) is 16.6. The van der Waals surface area contributed by atoms with Crippen molar-refractivity contribution in [1.29, 1.82) is 0 Å². The SMILES string of the molecule is O=COc1ccc([C@@H](O)CNCCc2ccc(CNCCc3cnc(C(O)(c4ccccc4)C4CCCCC4)o3)s2)c2ccc(=O)[nH]c12.